The van der Waals surface area contributed by atoms with Gasteiger partial charge in [0.15, 0.2) is 0 Å². The van der Waals surface area contributed by atoms with Crippen LogP contribution in [0.25, 0.3) is 11.0 Å². The van der Waals surface area contributed by atoms with Gasteiger partial charge in [-0.25, -0.2) is 0 Å². The number of aryl methyl sites for hydroxylation is 1. The van der Waals surface area contributed by atoms with Gasteiger partial charge in [0.25, 0.3) is 0 Å². The summed E-state index contributed by atoms with van der Waals surface area (Å²) in [4.78, 5) is 0. The lowest BCUT2D eigenvalue weighted by Crippen LogP contribution is -2.08. The van der Waals surface area contributed by atoms with Crippen LogP contribution in [0, 0.1) is 3.57 Å². The van der Waals surface area contributed by atoms with E-state index in [9.17, 15) is 0 Å². The van der Waals surface area contributed by atoms with Crippen molar-refractivity contribution in [3.8, 4) is 0 Å². The molecule has 2 nitrogen and oxygen atoms in total. The molecule has 0 aliphatic rings. The standard InChI is InChI=1S/C18H18INO/c1-3-13-14-8-4-7-11-17(14)21-18(13)12(2)20-16-10-6-5-9-15(16)19/h4-12,20H,3H2,1-2H3. The Balaban J connectivity index is 1.98. The first-order valence-corrected chi connectivity index (χ1v) is 8.30. The van der Waals surface area contributed by atoms with Crippen molar-refractivity contribution in [3.63, 3.8) is 0 Å². The number of benzene rings is 2. The Morgan fingerprint density at radius 1 is 1.10 bits per heavy atom. The molecule has 2 aromatic carbocycles. The minimum Gasteiger partial charge on any atom is -0.459 e. The van der Waals surface area contributed by atoms with Gasteiger partial charge in [0.2, 0.25) is 0 Å². The van der Waals surface area contributed by atoms with Crippen LogP contribution in [-0.2, 0) is 6.42 Å². The van der Waals surface area contributed by atoms with Crippen LogP contribution in [0.5, 0.6) is 0 Å². The number of nitrogens with one attached hydrogen (secondary N) is 1. The summed E-state index contributed by atoms with van der Waals surface area (Å²) >= 11 is 2.35. The third kappa shape index (κ3) is 2.79. The topological polar surface area (TPSA) is 25.2 Å². The van der Waals surface area contributed by atoms with Crippen molar-refractivity contribution in [1.29, 1.82) is 0 Å². The molecule has 1 aromatic heterocycles. The van der Waals surface area contributed by atoms with E-state index < -0.39 is 0 Å². The molecule has 0 aliphatic heterocycles. The zero-order valence-electron chi connectivity index (χ0n) is 12.2. The van der Waals surface area contributed by atoms with E-state index in [1.165, 1.54) is 14.5 Å². The van der Waals surface area contributed by atoms with Gasteiger partial charge >= 0.3 is 0 Å². The second kappa shape index (κ2) is 6.10. The Morgan fingerprint density at radius 3 is 2.57 bits per heavy atom. The summed E-state index contributed by atoms with van der Waals surface area (Å²) in [5.41, 5.74) is 3.42. The van der Waals surface area contributed by atoms with Gasteiger partial charge in [0.1, 0.15) is 11.3 Å². The highest BCUT2D eigenvalue weighted by Gasteiger charge is 2.18. The Hall–Kier alpha value is -1.49. The fraction of sp³-hybridized carbons (Fsp3) is 0.222. The van der Waals surface area contributed by atoms with E-state index >= 15 is 0 Å². The third-order valence-corrected chi connectivity index (χ3v) is 4.66. The Bertz CT molecular complexity index is 763. The van der Waals surface area contributed by atoms with E-state index in [1.807, 2.05) is 12.1 Å². The number of fused-ring (bicyclic) bond motifs is 1. The van der Waals surface area contributed by atoms with Crippen molar-refractivity contribution in [2.45, 2.75) is 26.3 Å². The number of para-hydroxylation sites is 2. The van der Waals surface area contributed by atoms with Crippen molar-refractivity contribution in [1.82, 2.24) is 0 Å². The van der Waals surface area contributed by atoms with Crippen molar-refractivity contribution < 1.29 is 4.42 Å². The molecule has 0 fully saturated rings. The number of furan rings is 1. The van der Waals surface area contributed by atoms with E-state index in [1.54, 1.807) is 0 Å². The number of anilines is 1. The molecule has 1 N–H and O–H groups in total. The lowest BCUT2D eigenvalue weighted by Gasteiger charge is -2.15. The van der Waals surface area contributed by atoms with Crippen LogP contribution in [0.3, 0.4) is 0 Å². The first kappa shape index (κ1) is 14.4. The zero-order valence-corrected chi connectivity index (χ0v) is 14.3. The number of halogens is 1. The predicted molar refractivity (Wildman–Crippen MR) is 96.8 cm³/mol. The number of hydrogen-bond donors (Lipinski definition) is 1. The quantitative estimate of drug-likeness (QED) is 0.571. The lowest BCUT2D eigenvalue weighted by atomic mass is 10.0. The molecule has 0 saturated heterocycles. The monoisotopic (exact) mass is 391 g/mol. The molecule has 0 aliphatic carbocycles. The first-order chi connectivity index (χ1) is 10.2. The van der Waals surface area contributed by atoms with Gasteiger partial charge in [-0.1, -0.05) is 37.3 Å². The van der Waals surface area contributed by atoms with E-state index in [2.05, 4.69) is 78.2 Å². The van der Waals surface area contributed by atoms with Crippen LogP contribution >= 0.6 is 22.6 Å². The molecule has 3 heteroatoms. The van der Waals surface area contributed by atoms with Gasteiger partial charge in [-0.2, -0.15) is 0 Å². The van der Waals surface area contributed by atoms with Crippen LogP contribution in [-0.4, -0.2) is 0 Å². The number of hydrogen-bond acceptors (Lipinski definition) is 2. The van der Waals surface area contributed by atoms with Crippen molar-refractivity contribution in [2.75, 3.05) is 5.32 Å². The highest BCUT2D eigenvalue weighted by molar-refractivity contribution is 14.1. The fourth-order valence-electron chi connectivity index (χ4n) is 2.71. The minimum atomic E-state index is 0.142. The van der Waals surface area contributed by atoms with Gasteiger partial charge in [-0.05, 0) is 54.1 Å². The van der Waals surface area contributed by atoms with Gasteiger partial charge in [-0.15, -0.1) is 0 Å². The fourth-order valence-corrected chi connectivity index (χ4v) is 3.25. The second-order valence-corrected chi connectivity index (χ2v) is 6.30. The van der Waals surface area contributed by atoms with Gasteiger partial charge in [0.05, 0.1) is 6.04 Å². The molecule has 1 heterocycles. The molecule has 0 saturated carbocycles. The maximum absolute atomic E-state index is 6.10. The normalized spacial score (nSPS) is 12.5. The average molecular weight is 391 g/mol. The van der Waals surface area contributed by atoms with Crippen molar-refractivity contribution in [2.24, 2.45) is 0 Å². The van der Waals surface area contributed by atoms with Crippen molar-refractivity contribution in [3.05, 3.63) is 63.4 Å². The largest absolute Gasteiger partial charge is 0.459 e. The molecule has 3 aromatic rings. The first-order valence-electron chi connectivity index (χ1n) is 7.22. The SMILES string of the molecule is CCc1c(C(C)Nc2ccccc2I)oc2ccccc12. The lowest BCUT2D eigenvalue weighted by molar-refractivity contribution is 0.520. The van der Waals surface area contributed by atoms with Gasteiger partial charge in [0, 0.05) is 20.2 Å². The Kier molecular flexibility index (Phi) is 4.19. The molecule has 1 unspecified atom stereocenters. The van der Waals surface area contributed by atoms with Crippen LogP contribution < -0.4 is 5.32 Å². The summed E-state index contributed by atoms with van der Waals surface area (Å²) in [6, 6.07) is 16.7. The molecular formula is C18H18INO. The van der Waals surface area contributed by atoms with Crippen LogP contribution in [0.15, 0.2) is 52.9 Å². The van der Waals surface area contributed by atoms with Crippen LogP contribution in [0.1, 0.15) is 31.2 Å². The maximum Gasteiger partial charge on any atom is 0.134 e. The van der Waals surface area contributed by atoms with E-state index in [4.69, 9.17) is 4.42 Å². The third-order valence-electron chi connectivity index (χ3n) is 3.72. The highest BCUT2D eigenvalue weighted by Crippen LogP contribution is 2.32. The summed E-state index contributed by atoms with van der Waals surface area (Å²) in [5.74, 6) is 1.04. The molecular weight excluding hydrogens is 373 g/mol. The molecule has 0 bridgehead atoms. The van der Waals surface area contributed by atoms with E-state index in [0.717, 1.165) is 23.5 Å². The summed E-state index contributed by atoms with van der Waals surface area (Å²) in [6.45, 7) is 4.33. The predicted octanol–water partition coefficient (Wildman–Crippen LogP) is 5.77. The molecule has 3 rings (SSSR count). The average Bonchev–Trinajstić information content (AvgIpc) is 2.88. The van der Waals surface area contributed by atoms with Gasteiger partial charge in [-0.3, -0.25) is 0 Å². The summed E-state index contributed by atoms with van der Waals surface area (Å²) < 4.78 is 7.32. The zero-order chi connectivity index (χ0) is 14.8. The molecule has 1 atom stereocenters. The van der Waals surface area contributed by atoms with E-state index in [0.29, 0.717) is 0 Å². The molecule has 0 radical (unpaired) electrons. The molecule has 108 valence electrons. The Morgan fingerprint density at radius 2 is 1.81 bits per heavy atom. The summed E-state index contributed by atoms with van der Waals surface area (Å²) in [7, 11) is 0. The summed E-state index contributed by atoms with van der Waals surface area (Å²) in [5, 5.41) is 4.79. The van der Waals surface area contributed by atoms with Crippen LogP contribution in [0.2, 0.25) is 0 Å². The Labute approximate surface area is 138 Å². The number of rotatable bonds is 4. The highest BCUT2D eigenvalue weighted by atomic mass is 127. The molecule has 0 amide bonds. The molecule has 0 spiro atoms. The minimum absolute atomic E-state index is 0.142. The van der Waals surface area contributed by atoms with E-state index in [-0.39, 0.29) is 6.04 Å². The summed E-state index contributed by atoms with van der Waals surface area (Å²) in [6.07, 6.45) is 0.976. The smallest absolute Gasteiger partial charge is 0.134 e. The second-order valence-electron chi connectivity index (χ2n) is 5.14. The van der Waals surface area contributed by atoms with Crippen molar-refractivity contribution >= 4 is 39.2 Å². The maximum atomic E-state index is 6.10. The van der Waals surface area contributed by atoms with Gasteiger partial charge < -0.3 is 9.73 Å². The molecule has 21 heavy (non-hydrogen) atoms. The van der Waals surface area contributed by atoms with Crippen LogP contribution in [0.4, 0.5) is 5.69 Å².